The summed E-state index contributed by atoms with van der Waals surface area (Å²) in [7, 11) is 0. The van der Waals surface area contributed by atoms with Crippen molar-refractivity contribution in [2.24, 2.45) is 0 Å². The Labute approximate surface area is 203 Å². The Hall–Kier alpha value is -4.39. The lowest BCUT2D eigenvalue weighted by Crippen LogP contribution is -2.41. The molecule has 1 amide bonds. The number of carbonyl (C=O) groups is 1. The smallest absolute Gasteiger partial charge is 0.330 e. The van der Waals surface area contributed by atoms with Gasteiger partial charge in [-0.1, -0.05) is 97.9 Å². The van der Waals surface area contributed by atoms with Gasteiger partial charge in [-0.25, -0.2) is 4.79 Å². The molecule has 0 saturated carbocycles. The molecule has 0 saturated heterocycles. The summed E-state index contributed by atoms with van der Waals surface area (Å²) in [6, 6.07) is 28.4. The average molecular weight is 469 g/mol. The zero-order chi connectivity index (χ0) is 24.8. The second kappa shape index (κ2) is 10.7. The molecule has 1 heterocycles. The number of rotatable bonds is 8. The lowest BCUT2D eigenvalue weighted by Gasteiger charge is -2.26. The highest BCUT2D eigenvalue weighted by Gasteiger charge is 2.26. The standard InChI is InChI=1S/C28H28N4O3/c1-20(23-15-9-4-10-16-23)17-24(33)31(18-21-11-5-2-6-12-21)25-26(29)32(28(35)30-27(25)34)19-22-13-7-3-8-14-22/h2-16,20H,17-19,29H2,1H3,(H,30,34,35). The molecule has 7 heteroatoms. The molecule has 1 atom stereocenters. The van der Waals surface area contributed by atoms with E-state index < -0.39 is 11.2 Å². The minimum Gasteiger partial charge on any atom is -0.383 e. The summed E-state index contributed by atoms with van der Waals surface area (Å²) in [6.07, 6.45) is 0.174. The molecule has 35 heavy (non-hydrogen) atoms. The maximum absolute atomic E-state index is 13.6. The van der Waals surface area contributed by atoms with Gasteiger partial charge in [0.1, 0.15) is 5.82 Å². The maximum Gasteiger partial charge on any atom is 0.330 e. The number of hydrogen-bond acceptors (Lipinski definition) is 4. The van der Waals surface area contributed by atoms with Crippen molar-refractivity contribution in [1.29, 1.82) is 0 Å². The predicted octanol–water partition coefficient (Wildman–Crippen LogP) is 3.89. The van der Waals surface area contributed by atoms with Gasteiger partial charge in [-0.15, -0.1) is 0 Å². The molecule has 3 N–H and O–H groups in total. The highest BCUT2D eigenvalue weighted by molar-refractivity contribution is 5.95. The number of amides is 1. The van der Waals surface area contributed by atoms with Crippen molar-refractivity contribution in [1.82, 2.24) is 9.55 Å². The van der Waals surface area contributed by atoms with E-state index in [0.29, 0.717) is 0 Å². The van der Waals surface area contributed by atoms with E-state index >= 15 is 0 Å². The number of carbonyl (C=O) groups excluding carboxylic acids is 1. The number of nitrogens with two attached hydrogens (primary N) is 1. The Kier molecular flexibility index (Phi) is 7.26. The molecule has 1 unspecified atom stereocenters. The van der Waals surface area contributed by atoms with Crippen LogP contribution in [0.4, 0.5) is 11.5 Å². The fourth-order valence-electron chi connectivity index (χ4n) is 4.09. The zero-order valence-electron chi connectivity index (χ0n) is 19.6. The van der Waals surface area contributed by atoms with E-state index in [2.05, 4.69) is 4.98 Å². The molecule has 4 rings (SSSR count). The summed E-state index contributed by atoms with van der Waals surface area (Å²) >= 11 is 0. The fraction of sp³-hybridized carbons (Fsp3) is 0.179. The number of nitrogens with zero attached hydrogens (tertiary/aromatic N) is 2. The van der Waals surface area contributed by atoms with E-state index in [1.54, 1.807) is 0 Å². The quantitative estimate of drug-likeness (QED) is 0.410. The number of anilines is 2. The van der Waals surface area contributed by atoms with Crippen LogP contribution in [0.25, 0.3) is 0 Å². The van der Waals surface area contributed by atoms with Gasteiger partial charge >= 0.3 is 5.69 Å². The van der Waals surface area contributed by atoms with Crippen LogP contribution in [0.1, 0.15) is 36.0 Å². The molecule has 0 bridgehead atoms. The third kappa shape index (κ3) is 5.58. The van der Waals surface area contributed by atoms with Gasteiger partial charge in [0.25, 0.3) is 5.56 Å². The third-order valence-corrected chi connectivity index (χ3v) is 6.00. The van der Waals surface area contributed by atoms with Crippen molar-refractivity contribution < 1.29 is 4.79 Å². The van der Waals surface area contributed by atoms with E-state index in [1.807, 2.05) is 97.9 Å². The number of benzene rings is 3. The Morgan fingerprint density at radius 2 is 1.43 bits per heavy atom. The van der Waals surface area contributed by atoms with Crippen molar-refractivity contribution >= 4 is 17.4 Å². The molecule has 0 radical (unpaired) electrons. The monoisotopic (exact) mass is 468 g/mol. The molecule has 1 aromatic heterocycles. The van der Waals surface area contributed by atoms with Crippen LogP contribution in [-0.4, -0.2) is 15.5 Å². The number of aromatic amines is 1. The number of hydrogen-bond donors (Lipinski definition) is 2. The predicted molar refractivity (Wildman–Crippen MR) is 138 cm³/mol. The van der Waals surface area contributed by atoms with Crippen LogP contribution in [0.3, 0.4) is 0 Å². The molecule has 0 aliphatic heterocycles. The van der Waals surface area contributed by atoms with Crippen LogP contribution in [0.5, 0.6) is 0 Å². The van der Waals surface area contributed by atoms with E-state index in [0.717, 1.165) is 16.7 Å². The van der Waals surface area contributed by atoms with Gasteiger partial charge in [-0.3, -0.25) is 19.1 Å². The first-order chi connectivity index (χ1) is 16.9. The SMILES string of the molecule is CC(CC(=O)N(Cc1ccccc1)c1c(N)n(Cc2ccccc2)c(=O)[nH]c1=O)c1ccccc1. The third-order valence-electron chi connectivity index (χ3n) is 6.00. The first kappa shape index (κ1) is 23.8. The number of aromatic nitrogens is 2. The van der Waals surface area contributed by atoms with Crippen LogP contribution < -0.4 is 21.9 Å². The van der Waals surface area contributed by atoms with E-state index in [9.17, 15) is 14.4 Å². The van der Waals surface area contributed by atoms with E-state index in [-0.39, 0.29) is 42.8 Å². The molecule has 0 aliphatic carbocycles. The Bertz CT molecular complexity index is 1400. The second-order valence-electron chi connectivity index (χ2n) is 8.55. The van der Waals surface area contributed by atoms with Gasteiger partial charge in [0, 0.05) is 6.42 Å². The number of nitrogen functional groups attached to an aromatic ring is 1. The normalized spacial score (nSPS) is 11.7. The van der Waals surface area contributed by atoms with Gasteiger partial charge in [0.15, 0.2) is 5.69 Å². The summed E-state index contributed by atoms with van der Waals surface area (Å²) in [5.74, 6) is -0.371. The average Bonchev–Trinajstić information content (AvgIpc) is 2.87. The minimum atomic E-state index is -0.687. The largest absolute Gasteiger partial charge is 0.383 e. The van der Waals surface area contributed by atoms with E-state index in [1.165, 1.54) is 9.47 Å². The van der Waals surface area contributed by atoms with Crippen molar-refractivity contribution in [2.75, 3.05) is 10.6 Å². The summed E-state index contributed by atoms with van der Waals surface area (Å²) in [6.45, 7) is 2.29. The molecular weight excluding hydrogens is 440 g/mol. The highest BCUT2D eigenvalue weighted by Crippen LogP contribution is 2.25. The van der Waals surface area contributed by atoms with Crippen molar-refractivity contribution in [2.45, 2.75) is 32.4 Å². The van der Waals surface area contributed by atoms with Gasteiger partial charge in [0.05, 0.1) is 13.1 Å². The Morgan fingerprint density at radius 1 is 0.886 bits per heavy atom. The van der Waals surface area contributed by atoms with Gasteiger partial charge in [0.2, 0.25) is 5.91 Å². The molecule has 0 aliphatic rings. The molecule has 0 fully saturated rings. The van der Waals surface area contributed by atoms with Crippen LogP contribution in [0.2, 0.25) is 0 Å². The fourth-order valence-corrected chi connectivity index (χ4v) is 4.09. The summed E-state index contributed by atoms with van der Waals surface area (Å²) in [5, 5.41) is 0. The lowest BCUT2D eigenvalue weighted by molar-refractivity contribution is -0.119. The van der Waals surface area contributed by atoms with Gasteiger partial charge < -0.3 is 10.6 Å². The Balaban J connectivity index is 1.75. The van der Waals surface area contributed by atoms with Gasteiger partial charge in [-0.2, -0.15) is 0 Å². The van der Waals surface area contributed by atoms with Crippen LogP contribution in [-0.2, 0) is 17.9 Å². The topological polar surface area (TPSA) is 101 Å². The maximum atomic E-state index is 13.6. The first-order valence-corrected chi connectivity index (χ1v) is 11.5. The molecule has 4 aromatic rings. The molecule has 3 aromatic carbocycles. The van der Waals surface area contributed by atoms with Crippen LogP contribution in [0, 0.1) is 0 Å². The zero-order valence-corrected chi connectivity index (χ0v) is 19.6. The molecular formula is C28H28N4O3. The molecule has 178 valence electrons. The molecule has 7 nitrogen and oxygen atoms in total. The number of H-pyrrole nitrogens is 1. The van der Waals surface area contributed by atoms with Crippen molar-refractivity contribution in [3.63, 3.8) is 0 Å². The summed E-state index contributed by atoms with van der Waals surface area (Å²) < 4.78 is 1.29. The van der Waals surface area contributed by atoms with Gasteiger partial charge in [-0.05, 0) is 22.6 Å². The Morgan fingerprint density at radius 3 is 2.03 bits per heavy atom. The minimum absolute atomic E-state index is 0.0188. The van der Waals surface area contributed by atoms with E-state index in [4.69, 9.17) is 5.73 Å². The summed E-state index contributed by atoms with van der Waals surface area (Å²) in [5.41, 5.74) is 7.80. The number of nitrogens with one attached hydrogen (secondary N) is 1. The van der Waals surface area contributed by atoms with Crippen molar-refractivity contribution in [3.05, 3.63) is 129 Å². The highest BCUT2D eigenvalue weighted by atomic mass is 16.2. The van der Waals surface area contributed by atoms with Crippen molar-refractivity contribution in [3.8, 4) is 0 Å². The van der Waals surface area contributed by atoms with Crippen LogP contribution >= 0.6 is 0 Å². The molecule has 0 spiro atoms. The first-order valence-electron chi connectivity index (χ1n) is 11.5. The second-order valence-corrected chi connectivity index (χ2v) is 8.55. The van der Waals surface area contributed by atoms with Crippen LogP contribution in [0.15, 0.2) is 101 Å². The summed E-state index contributed by atoms with van der Waals surface area (Å²) in [4.78, 5) is 43.0. The lowest BCUT2D eigenvalue weighted by atomic mass is 9.97.